The second-order valence-electron chi connectivity index (χ2n) is 6.73. The van der Waals surface area contributed by atoms with Crippen molar-refractivity contribution in [1.82, 2.24) is 4.98 Å². The summed E-state index contributed by atoms with van der Waals surface area (Å²) in [4.78, 5) is 4.70. The van der Waals surface area contributed by atoms with Crippen molar-refractivity contribution < 1.29 is 13.2 Å². The van der Waals surface area contributed by atoms with Crippen LogP contribution in [0, 0.1) is 0 Å². The third kappa shape index (κ3) is 3.70. The Morgan fingerprint density at radius 1 is 0.963 bits per heavy atom. The van der Waals surface area contributed by atoms with Crippen molar-refractivity contribution in [2.45, 2.75) is 24.6 Å². The van der Waals surface area contributed by atoms with Gasteiger partial charge in [0.1, 0.15) is 0 Å². The topological polar surface area (TPSA) is 38.9 Å². The number of benzene rings is 2. The number of hydrogen-bond acceptors (Lipinski definition) is 2. The fraction of sp³-hybridized carbons (Fsp3) is 0.190. The van der Waals surface area contributed by atoms with Crippen molar-refractivity contribution in [3.8, 4) is 22.5 Å². The van der Waals surface area contributed by atoms with Gasteiger partial charge in [-0.05, 0) is 42.3 Å². The number of alkyl halides is 3. The van der Waals surface area contributed by atoms with Crippen LogP contribution in [0.3, 0.4) is 0 Å². The van der Waals surface area contributed by atoms with Gasteiger partial charge in [0.05, 0.1) is 17.0 Å². The van der Waals surface area contributed by atoms with E-state index in [0.717, 1.165) is 35.4 Å². The number of halogens is 4. The highest BCUT2D eigenvalue weighted by molar-refractivity contribution is 6.30. The van der Waals surface area contributed by atoms with E-state index in [1.807, 2.05) is 18.2 Å². The first-order valence-corrected chi connectivity index (χ1v) is 8.91. The lowest BCUT2D eigenvalue weighted by atomic mass is 9.99. The van der Waals surface area contributed by atoms with E-state index >= 15 is 0 Å². The summed E-state index contributed by atoms with van der Waals surface area (Å²) < 4.78 is 39.1. The molecule has 0 spiro atoms. The van der Waals surface area contributed by atoms with Crippen LogP contribution in [0.2, 0.25) is 5.02 Å². The maximum absolute atomic E-state index is 13.0. The van der Waals surface area contributed by atoms with Crippen LogP contribution in [0.15, 0.2) is 60.7 Å². The molecule has 2 atom stereocenters. The Kier molecular flexibility index (Phi) is 4.44. The van der Waals surface area contributed by atoms with E-state index in [0.29, 0.717) is 16.3 Å². The van der Waals surface area contributed by atoms with Crippen LogP contribution < -0.4 is 5.73 Å². The third-order valence-corrected chi connectivity index (χ3v) is 5.02. The molecule has 1 heterocycles. The molecule has 2 nitrogen and oxygen atoms in total. The van der Waals surface area contributed by atoms with Gasteiger partial charge in [0.2, 0.25) is 0 Å². The quantitative estimate of drug-likeness (QED) is 0.606. The molecule has 0 bridgehead atoms. The highest BCUT2D eigenvalue weighted by atomic mass is 35.5. The van der Waals surface area contributed by atoms with Gasteiger partial charge in [-0.1, -0.05) is 41.9 Å². The minimum atomic E-state index is -4.39. The molecule has 0 aliphatic heterocycles. The van der Waals surface area contributed by atoms with Crippen LogP contribution in [0.25, 0.3) is 22.5 Å². The van der Waals surface area contributed by atoms with Crippen LogP contribution in [-0.2, 0) is 6.18 Å². The van der Waals surface area contributed by atoms with E-state index in [4.69, 9.17) is 22.3 Å². The van der Waals surface area contributed by atoms with Gasteiger partial charge in [-0.15, -0.1) is 0 Å². The van der Waals surface area contributed by atoms with Crippen LogP contribution in [0.5, 0.6) is 0 Å². The molecule has 1 saturated carbocycles. The average molecular weight is 389 g/mol. The monoisotopic (exact) mass is 388 g/mol. The van der Waals surface area contributed by atoms with Crippen LogP contribution in [0.4, 0.5) is 13.2 Å². The molecule has 138 valence electrons. The van der Waals surface area contributed by atoms with Gasteiger partial charge in [0, 0.05) is 28.1 Å². The van der Waals surface area contributed by atoms with Crippen LogP contribution in [0.1, 0.15) is 23.5 Å². The Bertz CT molecular complexity index is 983. The molecule has 3 aromatic rings. The zero-order valence-corrected chi connectivity index (χ0v) is 14.9. The molecular weight excluding hydrogens is 373 g/mol. The van der Waals surface area contributed by atoms with E-state index in [2.05, 4.69) is 0 Å². The van der Waals surface area contributed by atoms with Crippen LogP contribution >= 0.6 is 11.6 Å². The Morgan fingerprint density at radius 2 is 1.67 bits per heavy atom. The fourth-order valence-corrected chi connectivity index (χ4v) is 3.32. The molecule has 0 amide bonds. The second-order valence-corrected chi connectivity index (χ2v) is 7.16. The molecule has 1 aliphatic rings. The average Bonchev–Trinajstić information content (AvgIpc) is 3.38. The first-order valence-electron chi connectivity index (χ1n) is 8.53. The first-order chi connectivity index (χ1) is 12.8. The van der Waals surface area contributed by atoms with Gasteiger partial charge in [-0.3, -0.25) is 0 Å². The van der Waals surface area contributed by atoms with Gasteiger partial charge >= 0.3 is 6.18 Å². The second kappa shape index (κ2) is 6.66. The SMILES string of the molecule is N[C@@H]1C[C@H]1c1ccc(-c2cccc(C(F)(F)F)c2)nc1-c1ccc(Cl)cc1. The predicted octanol–water partition coefficient (Wildman–Crippen LogP) is 5.90. The van der Waals surface area contributed by atoms with Gasteiger partial charge in [-0.25, -0.2) is 4.98 Å². The van der Waals surface area contributed by atoms with Crippen molar-refractivity contribution in [3.05, 3.63) is 76.8 Å². The standard InChI is InChI=1S/C21H16ClF3N2/c22-15-6-4-12(5-7-15)20-16(17-11-18(17)26)8-9-19(27-20)13-2-1-3-14(10-13)21(23,24)25/h1-10,17-18H,11,26H2/t17-,18+/m0/s1. The molecule has 1 aromatic heterocycles. The minimum Gasteiger partial charge on any atom is -0.327 e. The predicted molar refractivity (Wildman–Crippen MR) is 100 cm³/mol. The number of pyridine rings is 1. The maximum atomic E-state index is 13.0. The lowest BCUT2D eigenvalue weighted by molar-refractivity contribution is -0.137. The molecule has 0 saturated heterocycles. The van der Waals surface area contributed by atoms with Gasteiger partial charge in [0.25, 0.3) is 0 Å². The van der Waals surface area contributed by atoms with E-state index in [-0.39, 0.29) is 12.0 Å². The van der Waals surface area contributed by atoms with Crippen molar-refractivity contribution in [1.29, 1.82) is 0 Å². The summed E-state index contributed by atoms with van der Waals surface area (Å²) in [5.41, 5.74) is 8.85. The first kappa shape index (κ1) is 18.0. The Balaban J connectivity index is 1.82. The maximum Gasteiger partial charge on any atom is 0.416 e. The van der Waals surface area contributed by atoms with Gasteiger partial charge in [0.15, 0.2) is 0 Å². The normalized spacial score (nSPS) is 19.1. The van der Waals surface area contributed by atoms with E-state index in [9.17, 15) is 13.2 Å². The van der Waals surface area contributed by atoms with Gasteiger partial charge in [-0.2, -0.15) is 13.2 Å². The molecule has 2 N–H and O–H groups in total. The van der Waals surface area contributed by atoms with Crippen molar-refractivity contribution in [3.63, 3.8) is 0 Å². The summed E-state index contributed by atoms with van der Waals surface area (Å²) in [5, 5.41) is 0.609. The minimum absolute atomic E-state index is 0.0947. The lowest BCUT2D eigenvalue weighted by Crippen LogP contribution is -2.05. The Labute approximate surface area is 159 Å². The molecule has 0 unspecified atom stereocenters. The molecule has 1 aliphatic carbocycles. The number of aromatic nitrogens is 1. The molecule has 6 heteroatoms. The Morgan fingerprint density at radius 3 is 2.30 bits per heavy atom. The highest BCUT2D eigenvalue weighted by Gasteiger charge is 2.37. The van der Waals surface area contributed by atoms with Crippen molar-refractivity contribution in [2.75, 3.05) is 0 Å². The van der Waals surface area contributed by atoms with Crippen molar-refractivity contribution >= 4 is 11.6 Å². The summed E-state index contributed by atoms with van der Waals surface area (Å²) in [6, 6.07) is 16.2. The lowest BCUT2D eigenvalue weighted by Gasteiger charge is -2.13. The highest BCUT2D eigenvalue weighted by Crippen LogP contribution is 2.44. The van der Waals surface area contributed by atoms with E-state index in [1.54, 1.807) is 24.3 Å². The summed E-state index contributed by atoms with van der Waals surface area (Å²) in [6.07, 6.45) is -3.51. The van der Waals surface area contributed by atoms with Gasteiger partial charge < -0.3 is 5.73 Å². The number of hydrogen-bond donors (Lipinski definition) is 1. The summed E-state index contributed by atoms with van der Waals surface area (Å²) >= 11 is 5.98. The molecule has 1 fully saturated rings. The molecule has 27 heavy (non-hydrogen) atoms. The number of nitrogens with two attached hydrogens (primary N) is 1. The van der Waals surface area contributed by atoms with Crippen LogP contribution in [-0.4, -0.2) is 11.0 Å². The molecular formula is C21H16ClF3N2. The molecule has 4 rings (SSSR count). The van der Waals surface area contributed by atoms with E-state index < -0.39 is 11.7 Å². The smallest absolute Gasteiger partial charge is 0.327 e. The summed E-state index contributed by atoms with van der Waals surface area (Å²) in [6.45, 7) is 0. The summed E-state index contributed by atoms with van der Waals surface area (Å²) in [7, 11) is 0. The number of rotatable bonds is 3. The third-order valence-electron chi connectivity index (χ3n) is 4.77. The molecule has 2 aromatic carbocycles. The number of nitrogens with zero attached hydrogens (tertiary/aromatic N) is 1. The Hall–Kier alpha value is -2.37. The van der Waals surface area contributed by atoms with Crippen molar-refractivity contribution in [2.24, 2.45) is 5.73 Å². The molecule has 0 radical (unpaired) electrons. The largest absolute Gasteiger partial charge is 0.416 e. The van der Waals surface area contributed by atoms with E-state index in [1.165, 1.54) is 6.07 Å². The fourth-order valence-electron chi connectivity index (χ4n) is 3.20. The zero-order valence-electron chi connectivity index (χ0n) is 14.2. The summed E-state index contributed by atoms with van der Waals surface area (Å²) in [5.74, 6) is 0.221. The zero-order chi connectivity index (χ0) is 19.2.